The van der Waals surface area contributed by atoms with Crippen LogP contribution in [-0.2, 0) is 0 Å². The summed E-state index contributed by atoms with van der Waals surface area (Å²) in [5, 5.41) is 9.66. The van der Waals surface area contributed by atoms with Crippen molar-refractivity contribution in [2.75, 3.05) is 13.7 Å². The molecule has 1 N–H and O–H groups in total. The average Bonchev–Trinajstić information content (AvgIpc) is 3.13. The van der Waals surface area contributed by atoms with Crippen LogP contribution >= 0.6 is 0 Å². The minimum absolute atomic E-state index is 0.189. The Morgan fingerprint density at radius 2 is 2.12 bits per heavy atom. The van der Waals surface area contributed by atoms with E-state index in [0.717, 1.165) is 11.5 Å². The summed E-state index contributed by atoms with van der Waals surface area (Å²) >= 11 is 0. The molecule has 1 aromatic carbocycles. The summed E-state index contributed by atoms with van der Waals surface area (Å²) in [6.45, 7) is 0.560. The van der Waals surface area contributed by atoms with Crippen molar-refractivity contribution in [2.24, 2.45) is 5.92 Å². The lowest BCUT2D eigenvalue weighted by Crippen LogP contribution is -2.13. The molecule has 1 saturated carbocycles. The van der Waals surface area contributed by atoms with Crippen molar-refractivity contribution >= 4 is 0 Å². The second-order valence-corrected chi connectivity index (χ2v) is 4.22. The second kappa shape index (κ2) is 5.21. The summed E-state index contributed by atoms with van der Waals surface area (Å²) in [6, 6.07) is 7.52. The number of methoxy groups -OCH3 is 1. The topological polar surface area (TPSA) is 38.7 Å². The molecule has 16 heavy (non-hydrogen) atoms. The SMILES string of the molecule is COc1cccc(OCCC(O)C2CC2)c1. The number of hydrogen-bond acceptors (Lipinski definition) is 3. The van der Waals surface area contributed by atoms with Gasteiger partial charge in [0, 0.05) is 12.5 Å². The van der Waals surface area contributed by atoms with E-state index in [1.165, 1.54) is 12.8 Å². The van der Waals surface area contributed by atoms with E-state index in [0.29, 0.717) is 18.9 Å². The van der Waals surface area contributed by atoms with E-state index < -0.39 is 0 Å². The Morgan fingerprint density at radius 3 is 2.81 bits per heavy atom. The molecule has 0 saturated heterocycles. The Bertz CT molecular complexity index is 334. The maximum atomic E-state index is 9.66. The Hall–Kier alpha value is -1.22. The molecule has 0 heterocycles. The highest BCUT2D eigenvalue weighted by molar-refractivity contribution is 5.32. The molecule has 0 amide bonds. The first-order valence-corrected chi connectivity index (χ1v) is 5.74. The first kappa shape index (κ1) is 11.3. The highest BCUT2D eigenvalue weighted by Crippen LogP contribution is 2.33. The van der Waals surface area contributed by atoms with Crippen molar-refractivity contribution in [3.63, 3.8) is 0 Å². The van der Waals surface area contributed by atoms with E-state index in [4.69, 9.17) is 9.47 Å². The van der Waals surface area contributed by atoms with Crippen LogP contribution in [0.2, 0.25) is 0 Å². The lowest BCUT2D eigenvalue weighted by molar-refractivity contribution is 0.119. The third-order valence-corrected chi connectivity index (χ3v) is 2.89. The summed E-state index contributed by atoms with van der Waals surface area (Å²) in [6.07, 6.45) is 2.85. The van der Waals surface area contributed by atoms with Crippen molar-refractivity contribution in [3.8, 4) is 11.5 Å². The smallest absolute Gasteiger partial charge is 0.122 e. The normalized spacial score (nSPS) is 16.9. The van der Waals surface area contributed by atoms with E-state index in [1.54, 1.807) is 7.11 Å². The van der Waals surface area contributed by atoms with Crippen molar-refractivity contribution in [2.45, 2.75) is 25.4 Å². The van der Waals surface area contributed by atoms with Crippen LogP contribution in [0, 0.1) is 5.92 Å². The third kappa shape index (κ3) is 3.14. The molecule has 0 bridgehead atoms. The van der Waals surface area contributed by atoms with Gasteiger partial charge in [-0.3, -0.25) is 0 Å². The molecule has 0 aromatic heterocycles. The highest BCUT2D eigenvalue weighted by Gasteiger charge is 2.29. The van der Waals surface area contributed by atoms with E-state index in [1.807, 2.05) is 24.3 Å². The third-order valence-electron chi connectivity index (χ3n) is 2.89. The number of aliphatic hydroxyl groups excluding tert-OH is 1. The van der Waals surface area contributed by atoms with Crippen molar-refractivity contribution < 1.29 is 14.6 Å². The highest BCUT2D eigenvalue weighted by atomic mass is 16.5. The second-order valence-electron chi connectivity index (χ2n) is 4.22. The Balaban J connectivity index is 1.75. The van der Waals surface area contributed by atoms with Crippen LogP contribution in [0.4, 0.5) is 0 Å². The van der Waals surface area contributed by atoms with Crippen LogP contribution in [0.15, 0.2) is 24.3 Å². The van der Waals surface area contributed by atoms with Gasteiger partial charge in [-0.05, 0) is 30.9 Å². The zero-order valence-electron chi connectivity index (χ0n) is 9.56. The van der Waals surface area contributed by atoms with Gasteiger partial charge in [0.2, 0.25) is 0 Å². The molecular weight excluding hydrogens is 204 g/mol. The fraction of sp³-hybridized carbons (Fsp3) is 0.538. The van der Waals surface area contributed by atoms with E-state index in [-0.39, 0.29) is 6.10 Å². The molecule has 3 nitrogen and oxygen atoms in total. The Kier molecular flexibility index (Phi) is 3.67. The van der Waals surface area contributed by atoms with Gasteiger partial charge in [-0.15, -0.1) is 0 Å². The lowest BCUT2D eigenvalue weighted by Gasteiger charge is -2.11. The van der Waals surface area contributed by atoms with Crippen molar-refractivity contribution in [3.05, 3.63) is 24.3 Å². The Morgan fingerprint density at radius 1 is 1.38 bits per heavy atom. The van der Waals surface area contributed by atoms with Gasteiger partial charge in [0.1, 0.15) is 11.5 Å². The molecule has 1 aliphatic rings. The zero-order chi connectivity index (χ0) is 11.4. The van der Waals surface area contributed by atoms with Crippen LogP contribution < -0.4 is 9.47 Å². The minimum atomic E-state index is -0.189. The van der Waals surface area contributed by atoms with Gasteiger partial charge in [-0.1, -0.05) is 6.07 Å². The number of benzene rings is 1. The number of ether oxygens (including phenoxy) is 2. The molecule has 1 aromatic rings. The largest absolute Gasteiger partial charge is 0.497 e. The maximum Gasteiger partial charge on any atom is 0.122 e. The van der Waals surface area contributed by atoms with Gasteiger partial charge in [-0.25, -0.2) is 0 Å². The van der Waals surface area contributed by atoms with Gasteiger partial charge in [-0.2, -0.15) is 0 Å². The van der Waals surface area contributed by atoms with E-state index in [9.17, 15) is 5.11 Å². The molecule has 1 aliphatic carbocycles. The van der Waals surface area contributed by atoms with Crippen molar-refractivity contribution in [1.82, 2.24) is 0 Å². The summed E-state index contributed by atoms with van der Waals surface area (Å²) in [5.41, 5.74) is 0. The summed E-state index contributed by atoms with van der Waals surface area (Å²) in [7, 11) is 1.63. The molecule has 1 fully saturated rings. The van der Waals surface area contributed by atoms with Gasteiger partial charge in [0.15, 0.2) is 0 Å². The van der Waals surface area contributed by atoms with E-state index >= 15 is 0 Å². The number of rotatable bonds is 6. The van der Waals surface area contributed by atoms with Gasteiger partial charge < -0.3 is 14.6 Å². The minimum Gasteiger partial charge on any atom is -0.497 e. The molecule has 3 heteroatoms. The predicted octanol–water partition coefficient (Wildman–Crippen LogP) is 2.24. The predicted molar refractivity (Wildman–Crippen MR) is 61.8 cm³/mol. The fourth-order valence-corrected chi connectivity index (χ4v) is 1.71. The fourth-order valence-electron chi connectivity index (χ4n) is 1.71. The standard InChI is InChI=1S/C13H18O3/c1-15-11-3-2-4-12(9-11)16-8-7-13(14)10-5-6-10/h2-4,9-10,13-14H,5-8H2,1H3. The first-order valence-electron chi connectivity index (χ1n) is 5.74. The molecule has 0 radical (unpaired) electrons. The van der Waals surface area contributed by atoms with Crippen LogP contribution in [0.1, 0.15) is 19.3 Å². The lowest BCUT2D eigenvalue weighted by atomic mass is 10.2. The van der Waals surface area contributed by atoms with E-state index in [2.05, 4.69) is 0 Å². The summed E-state index contributed by atoms with van der Waals surface area (Å²) < 4.78 is 10.7. The van der Waals surface area contributed by atoms with Gasteiger partial charge in [0.25, 0.3) is 0 Å². The maximum absolute atomic E-state index is 9.66. The monoisotopic (exact) mass is 222 g/mol. The Labute approximate surface area is 96.0 Å². The van der Waals surface area contributed by atoms with Crippen LogP contribution in [0.25, 0.3) is 0 Å². The number of hydrogen-bond donors (Lipinski definition) is 1. The first-order chi connectivity index (χ1) is 7.79. The van der Waals surface area contributed by atoms with Crippen LogP contribution in [0.3, 0.4) is 0 Å². The van der Waals surface area contributed by atoms with Crippen LogP contribution in [-0.4, -0.2) is 24.9 Å². The average molecular weight is 222 g/mol. The molecule has 88 valence electrons. The zero-order valence-corrected chi connectivity index (χ0v) is 9.56. The molecule has 0 spiro atoms. The number of aliphatic hydroxyl groups is 1. The molecular formula is C13H18O3. The van der Waals surface area contributed by atoms with Gasteiger partial charge in [0.05, 0.1) is 19.8 Å². The quantitative estimate of drug-likeness (QED) is 0.802. The molecule has 0 aliphatic heterocycles. The summed E-state index contributed by atoms with van der Waals surface area (Å²) in [4.78, 5) is 0. The summed E-state index contributed by atoms with van der Waals surface area (Å²) in [5.74, 6) is 2.11. The van der Waals surface area contributed by atoms with Crippen molar-refractivity contribution in [1.29, 1.82) is 0 Å². The molecule has 1 unspecified atom stereocenters. The molecule has 2 rings (SSSR count). The van der Waals surface area contributed by atoms with Crippen LogP contribution in [0.5, 0.6) is 11.5 Å². The van der Waals surface area contributed by atoms with Gasteiger partial charge >= 0.3 is 0 Å². The molecule has 1 atom stereocenters.